The SMILES string of the molecule is CNC(=O)CN(C)C(=O)c1cc(C)cc(C(=O)O)c1. The van der Waals surface area contributed by atoms with Crippen LogP contribution in [0.25, 0.3) is 0 Å². The molecule has 0 atom stereocenters. The second kappa shape index (κ2) is 5.99. The van der Waals surface area contributed by atoms with E-state index < -0.39 is 11.9 Å². The highest BCUT2D eigenvalue weighted by atomic mass is 16.4. The lowest BCUT2D eigenvalue weighted by molar-refractivity contribution is -0.121. The van der Waals surface area contributed by atoms with Crippen LogP contribution >= 0.6 is 0 Å². The number of nitrogens with one attached hydrogen (secondary N) is 1. The Kier molecular flexibility index (Phi) is 4.63. The number of rotatable bonds is 4. The number of benzene rings is 1. The summed E-state index contributed by atoms with van der Waals surface area (Å²) in [5.41, 5.74) is 0.983. The van der Waals surface area contributed by atoms with Gasteiger partial charge in [-0.25, -0.2) is 4.79 Å². The van der Waals surface area contributed by atoms with Crippen LogP contribution in [0.4, 0.5) is 0 Å². The Morgan fingerprint density at radius 2 is 1.79 bits per heavy atom. The van der Waals surface area contributed by atoms with Crippen LogP contribution in [0.15, 0.2) is 18.2 Å². The zero-order valence-electron chi connectivity index (χ0n) is 11.1. The van der Waals surface area contributed by atoms with Gasteiger partial charge in [0, 0.05) is 19.7 Å². The summed E-state index contributed by atoms with van der Waals surface area (Å²) in [6, 6.07) is 4.38. The third-order valence-electron chi connectivity index (χ3n) is 2.58. The molecule has 0 fully saturated rings. The molecular weight excluding hydrogens is 248 g/mol. The number of carboxylic acids is 1. The van der Waals surface area contributed by atoms with Gasteiger partial charge in [0.2, 0.25) is 5.91 Å². The molecule has 0 radical (unpaired) electrons. The van der Waals surface area contributed by atoms with Crippen molar-refractivity contribution in [1.82, 2.24) is 10.2 Å². The van der Waals surface area contributed by atoms with Gasteiger partial charge in [0.05, 0.1) is 12.1 Å². The number of amides is 2. The molecule has 0 spiro atoms. The van der Waals surface area contributed by atoms with Gasteiger partial charge in [-0.3, -0.25) is 9.59 Å². The Morgan fingerprint density at radius 3 is 2.32 bits per heavy atom. The first-order chi connectivity index (χ1) is 8.85. The van der Waals surface area contributed by atoms with E-state index >= 15 is 0 Å². The van der Waals surface area contributed by atoms with Crippen molar-refractivity contribution in [2.75, 3.05) is 20.6 Å². The number of carbonyl (C=O) groups is 3. The standard InChI is InChI=1S/C13H16N2O4/c1-8-4-9(6-10(5-8)13(18)19)12(17)15(3)7-11(16)14-2/h4-6H,7H2,1-3H3,(H,14,16)(H,18,19). The molecule has 6 heteroatoms. The van der Waals surface area contributed by atoms with E-state index in [1.54, 1.807) is 13.0 Å². The van der Waals surface area contributed by atoms with E-state index in [1.807, 2.05) is 0 Å². The van der Waals surface area contributed by atoms with Gasteiger partial charge < -0.3 is 15.3 Å². The number of hydrogen-bond acceptors (Lipinski definition) is 3. The van der Waals surface area contributed by atoms with Crippen LogP contribution in [0.1, 0.15) is 26.3 Å². The molecule has 0 aromatic heterocycles. The van der Waals surface area contributed by atoms with Gasteiger partial charge in [0.1, 0.15) is 0 Å². The third kappa shape index (κ3) is 3.80. The molecule has 0 heterocycles. The number of aromatic carboxylic acids is 1. The third-order valence-corrected chi connectivity index (χ3v) is 2.58. The lowest BCUT2D eigenvalue weighted by Gasteiger charge is -2.16. The minimum atomic E-state index is -1.09. The van der Waals surface area contributed by atoms with E-state index in [9.17, 15) is 14.4 Å². The Bertz CT molecular complexity index is 525. The van der Waals surface area contributed by atoms with Crippen molar-refractivity contribution >= 4 is 17.8 Å². The molecule has 1 rings (SSSR count). The van der Waals surface area contributed by atoms with E-state index in [0.717, 1.165) is 0 Å². The number of aryl methyl sites for hydroxylation is 1. The lowest BCUT2D eigenvalue weighted by Crippen LogP contribution is -2.37. The summed E-state index contributed by atoms with van der Waals surface area (Å²) in [7, 11) is 2.97. The van der Waals surface area contributed by atoms with E-state index in [4.69, 9.17) is 5.11 Å². The molecule has 0 saturated carbocycles. The van der Waals surface area contributed by atoms with Crippen molar-refractivity contribution in [3.63, 3.8) is 0 Å². The first kappa shape index (κ1) is 14.7. The zero-order chi connectivity index (χ0) is 14.6. The van der Waals surface area contributed by atoms with Gasteiger partial charge in [-0.1, -0.05) is 0 Å². The van der Waals surface area contributed by atoms with E-state index in [1.165, 1.54) is 31.1 Å². The van der Waals surface area contributed by atoms with Crippen LogP contribution in [0.5, 0.6) is 0 Å². The molecule has 0 aliphatic heterocycles. The highest BCUT2D eigenvalue weighted by Gasteiger charge is 2.16. The fourth-order valence-electron chi connectivity index (χ4n) is 1.62. The summed E-state index contributed by atoms with van der Waals surface area (Å²) < 4.78 is 0. The molecule has 1 aromatic carbocycles. The predicted molar refractivity (Wildman–Crippen MR) is 69.2 cm³/mol. The van der Waals surface area contributed by atoms with Crippen LogP contribution < -0.4 is 5.32 Å². The van der Waals surface area contributed by atoms with Crippen molar-refractivity contribution in [2.45, 2.75) is 6.92 Å². The summed E-state index contributed by atoms with van der Waals surface area (Å²) in [6.07, 6.45) is 0. The van der Waals surface area contributed by atoms with Crippen molar-refractivity contribution in [2.24, 2.45) is 0 Å². The average molecular weight is 264 g/mol. The van der Waals surface area contributed by atoms with E-state index in [-0.39, 0.29) is 23.6 Å². The maximum atomic E-state index is 12.1. The Balaban J connectivity index is 2.99. The largest absolute Gasteiger partial charge is 0.478 e. The molecule has 102 valence electrons. The second-order valence-corrected chi connectivity index (χ2v) is 4.23. The molecular formula is C13H16N2O4. The van der Waals surface area contributed by atoms with Crippen LogP contribution in [0.2, 0.25) is 0 Å². The summed E-state index contributed by atoms with van der Waals surface area (Å²) >= 11 is 0. The molecule has 0 bridgehead atoms. The molecule has 0 aliphatic rings. The summed E-state index contributed by atoms with van der Waals surface area (Å²) in [5.74, 6) is -1.77. The molecule has 0 unspecified atom stereocenters. The first-order valence-electron chi connectivity index (χ1n) is 5.66. The molecule has 2 amide bonds. The molecule has 0 aliphatic carbocycles. The van der Waals surface area contributed by atoms with Crippen molar-refractivity contribution in [3.8, 4) is 0 Å². The Labute approximate surface area is 111 Å². The van der Waals surface area contributed by atoms with Crippen LogP contribution in [0, 0.1) is 6.92 Å². The Hall–Kier alpha value is -2.37. The van der Waals surface area contributed by atoms with Crippen molar-refractivity contribution in [1.29, 1.82) is 0 Å². The maximum Gasteiger partial charge on any atom is 0.335 e. The minimum absolute atomic E-state index is 0.0525. The lowest BCUT2D eigenvalue weighted by atomic mass is 10.1. The number of hydrogen-bond donors (Lipinski definition) is 2. The fourth-order valence-corrected chi connectivity index (χ4v) is 1.62. The first-order valence-corrected chi connectivity index (χ1v) is 5.66. The van der Waals surface area contributed by atoms with Gasteiger partial charge in [0.15, 0.2) is 0 Å². The monoisotopic (exact) mass is 264 g/mol. The molecule has 1 aromatic rings. The topological polar surface area (TPSA) is 86.7 Å². The number of carbonyl (C=O) groups excluding carboxylic acids is 2. The number of likely N-dealkylation sites (N-methyl/N-ethyl adjacent to an activating group) is 2. The molecule has 19 heavy (non-hydrogen) atoms. The van der Waals surface area contributed by atoms with Gasteiger partial charge in [-0.15, -0.1) is 0 Å². The van der Waals surface area contributed by atoms with Crippen molar-refractivity contribution < 1.29 is 19.5 Å². The molecule has 6 nitrogen and oxygen atoms in total. The van der Waals surface area contributed by atoms with Crippen molar-refractivity contribution in [3.05, 3.63) is 34.9 Å². The predicted octanol–water partition coefficient (Wildman–Crippen LogP) is 0.511. The van der Waals surface area contributed by atoms with Crippen LogP contribution in [-0.2, 0) is 4.79 Å². The van der Waals surface area contributed by atoms with Gasteiger partial charge >= 0.3 is 5.97 Å². The summed E-state index contributed by atoms with van der Waals surface area (Å²) in [5, 5.41) is 11.4. The van der Waals surface area contributed by atoms with E-state index in [2.05, 4.69) is 5.32 Å². The smallest absolute Gasteiger partial charge is 0.335 e. The quantitative estimate of drug-likeness (QED) is 0.829. The minimum Gasteiger partial charge on any atom is -0.478 e. The second-order valence-electron chi connectivity index (χ2n) is 4.23. The summed E-state index contributed by atoms with van der Waals surface area (Å²) in [4.78, 5) is 35.4. The molecule has 2 N–H and O–H groups in total. The normalized spacial score (nSPS) is 9.84. The molecule has 0 saturated heterocycles. The maximum absolute atomic E-state index is 12.1. The van der Waals surface area contributed by atoms with Gasteiger partial charge in [0.25, 0.3) is 5.91 Å². The fraction of sp³-hybridized carbons (Fsp3) is 0.308. The number of carboxylic acid groups (broad SMARTS) is 1. The zero-order valence-corrected chi connectivity index (χ0v) is 11.1. The number of nitrogens with zero attached hydrogens (tertiary/aromatic N) is 1. The van der Waals surface area contributed by atoms with E-state index in [0.29, 0.717) is 5.56 Å². The highest BCUT2D eigenvalue weighted by molar-refractivity contribution is 5.99. The highest BCUT2D eigenvalue weighted by Crippen LogP contribution is 2.12. The average Bonchev–Trinajstić information content (AvgIpc) is 2.36. The van der Waals surface area contributed by atoms with Crippen LogP contribution in [-0.4, -0.2) is 48.4 Å². The van der Waals surface area contributed by atoms with Gasteiger partial charge in [-0.2, -0.15) is 0 Å². The Morgan fingerprint density at radius 1 is 1.21 bits per heavy atom. The van der Waals surface area contributed by atoms with Gasteiger partial charge in [-0.05, 0) is 30.7 Å². The summed E-state index contributed by atoms with van der Waals surface area (Å²) in [6.45, 7) is 1.63. The van der Waals surface area contributed by atoms with Crippen LogP contribution in [0.3, 0.4) is 0 Å².